The summed E-state index contributed by atoms with van der Waals surface area (Å²) in [5.74, 6) is -0.963. The summed E-state index contributed by atoms with van der Waals surface area (Å²) in [5, 5.41) is 5.19. The molecule has 0 saturated heterocycles. The molecule has 10 heteroatoms. The molecule has 1 amide bonds. The number of rotatable bonds is 2. The molecule has 1 aliphatic rings. The molecular formula is C14H17F6N3O. The zero-order chi connectivity index (χ0) is 18.3. The number of hydrogen-bond donors (Lipinski definition) is 1. The minimum atomic E-state index is -5.16. The first kappa shape index (κ1) is 18.6. The lowest BCUT2D eigenvalue weighted by molar-refractivity contribution is -0.144. The lowest BCUT2D eigenvalue weighted by Gasteiger charge is -2.27. The summed E-state index contributed by atoms with van der Waals surface area (Å²) in [6.45, 7) is 2.00. The largest absolute Gasteiger partial charge is 0.435 e. The third-order valence-corrected chi connectivity index (χ3v) is 4.16. The minimum absolute atomic E-state index is 0.0562. The molecule has 1 heterocycles. The minimum Gasteiger partial charge on any atom is -0.349 e. The lowest BCUT2D eigenvalue weighted by atomic mass is 9.87. The predicted octanol–water partition coefficient (Wildman–Crippen LogP) is 3.77. The van der Waals surface area contributed by atoms with Crippen LogP contribution in [0.2, 0.25) is 0 Å². The smallest absolute Gasteiger partial charge is 0.349 e. The lowest BCUT2D eigenvalue weighted by Crippen LogP contribution is -2.39. The first-order chi connectivity index (χ1) is 10.9. The van der Waals surface area contributed by atoms with Gasteiger partial charge in [0.25, 0.3) is 5.91 Å². The van der Waals surface area contributed by atoms with E-state index in [0.29, 0.717) is 18.8 Å². The Labute approximate surface area is 134 Å². The van der Waals surface area contributed by atoms with Crippen LogP contribution in [0.15, 0.2) is 0 Å². The summed E-state index contributed by atoms with van der Waals surface area (Å²) in [4.78, 5) is 12.2. The van der Waals surface area contributed by atoms with E-state index >= 15 is 0 Å². The van der Waals surface area contributed by atoms with Crippen LogP contribution in [0.3, 0.4) is 0 Å². The molecule has 0 spiro atoms. The molecule has 0 unspecified atom stereocenters. The van der Waals surface area contributed by atoms with E-state index in [1.54, 1.807) is 0 Å². The fourth-order valence-corrected chi connectivity index (χ4v) is 2.92. The van der Waals surface area contributed by atoms with Crippen molar-refractivity contribution in [3.05, 3.63) is 17.0 Å². The van der Waals surface area contributed by atoms with E-state index in [2.05, 4.69) is 10.4 Å². The molecule has 0 bridgehead atoms. The van der Waals surface area contributed by atoms with E-state index in [1.807, 2.05) is 6.92 Å². The number of halogens is 6. The molecule has 0 atom stereocenters. The van der Waals surface area contributed by atoms with Gasteiger partial charge in [0.1, 0.15) is 5.56 Å². The molecule has 0 radical (unpaired) electrons. The van der Waals surface area contributed by atoms with Gasteiger partial charge in [0.05, 0.1) is 0 Å². The van der Waals surface area contributed by atoms with Crippen molar-refractivity contribution in [2.75, 3.05) is 0 Å². The van der Waals surface area contributed by atoms with Gasteiger partial charge in [-0.25, -0.2) is 0 Å². The van der Waals surface area contributed by atoms with Crippen molar-refractivity contribution in [3.8, 4) is 0 Å². The molecule has 2 rings (SSSR count). The van der Waals surface area contributed by atoms with E-state index < -0.39 is 41.3 Å². The number of carbonyl (C=O) groups is 1. The Balaban J connectivity index is 2.38. The molecule has 136 valence electrons. The van der Waals surface area contributed by atoms with Crippen LogP contribution < -0.4 is 5.32 Å². The van der Waals surface area contributed by atoms with Crippen LogP contribution >= 0.6 is 0 Å². The first-order valence-electron chi connectivity index (χ1n) is 7.43. The van der Waals surface area contributed by atoms with Crippen molar-refractivity contribution in [2.45, 2.75) is 51.0 Å². The van der Waals surface area contributed by atoms with Gasteiger partial charge in [0.2, 0.25) is 0 Å². The van der Waals surface area contributed by atoms with Gasteiger partial charge in [-0.05, 0) is 31.6 Å². The number of alkyl halides is 6. The van der Waals surface area contributed by atoms with Gasteiger partial charge in [-0.1, -0.05) is 6.92 Å². The number of hydrogen-bond acceptors (Lipinski definition) is 2. The Kier molecular flexibility index (Phi) is 4.87. The Hall–Kier alpha value is -1.74. The number of nitrogens with one attached hydrogen (secondary N) is 1. The molecular weight excluding hydrogens is 340 g/mol. The maximum absolute atomic E-state index is 13.1. The number of carbonyl (C=O) groups excluding carboxylic acids is 1. The quantitative estimate of drug-likeness (QED) is 0.819. The summed E-state index contributed by atoms with van der Waals surface area (Å²) in [5.41, 5.74) is -4.98. The maximum Gasteiger partial charge on any atom is 0.435 e. The molecule has 1 aromatic heterocycles. The molecule has 1 aromatic rings. The monoisotopic (exact) mass is 357 g/mol. The van der Waals surface area contributed by atoms with Gasteiger partial charge < -0.3 is 5.32 Å². The summed E-state index contributed by atoms with van der Waals surface area (Å²) in [6.07, 6.45) is -7.72. The van der Waals surface area contributed by atoms with Gasteiger partial charge in [0.15, 0.2) is 11.4 Å². The highest BCUT2D eigenvalue weighted by atomic mass is 19.4. The fraction of sp³-hybridized carbons (Fsp3) is 0.714. The average molecular weight is 357 g/mol. The summed E-state index contributed by atoms with van der Waals surface area (Å²) in [7, 11) is 0.733. The number of nitrogens with zero attached hydrogens (tertiary/aromatic N) is 2. The van der Waals surface area contributed by atoms with Crippen LogP contribution in [0.4, 0.5) is 26.3 Å². The van der Waals surface area contributed by atoms with Gasteiger partial charge >= 0.3 is 12.4 Å². The second-order valence-electron chi connectivity index (χ2n) is 6.12. The molecule has 1 fully saturated rings. The average Bonchev–Trinajstić information content (AvgIpc) is 2.79. The van der Waals surface area contributed by atoms with E-state index in [9.17, 15) is 31.1 Å². The van der Waals surface area contributed by atoms with Gasteiger partial charge in [-0.2, -0.15) is 31.4 Å². The molecule has 1 saturated carbocycles. The Morgan fingerprint density at radius 1 is 1.08 bits per heavy atom. The highest BCUT2D eigenvalue weighted by Gasteiger charge is 2.48. The molecule has 4 nitrogen and oxygen atoms in total. The van der Waals surface area contributed by atoms with Gasteiger partial charge in [-0.15, -0.1) is 0 Å². The normalized spacial score (nSPS) is 22.5. The van der Waals surface area contributed by atoms with Crippen LogP contribution in [0.1, 0.15) is 54.4 Å². The van der Waals surface area contributed by atoms with Crippen LogP contribution in [0, 0.1) is 5.92 Å². The summed E-state index contributed by atoms with van der Waals surface area (Å²) >= 11 is 0. The zero-order valence-corrected chi connectivity index (χ0v) is 13.1. The zero-order valence-electron chi connectivity index (χ0n) is 13.1. The van der Waals surface area contributed by atoms with Crippen molar-refractivity contribution in [3.63, 3.8) is 0 Å². The Morgan fingerprint density at radius 3 is 2.08 bits per heavy atom. The highest BCUT2D eigenvalue weighted by molar-refractivity contribution is 5.97. The van der Waals surface area contributed by atoms with Crippen molar-refractivity contribution in [1.29, 1.82) is 0 Å². The van der Waals surface area contributed by atoms with Crippen LogP contribution in [-0.2, 0) is 19.4 Å². The molecule has 1 aliphatic carbocycles. The van der Waals surface area contributed by atoms with Crippen LogP contribution in [0.5, 0.6) is 0 Å². The summed E-state index contributed by atoms with van der Waals surface area (Å²) in [6, 6.07) is -0.434. The number of aryl methyl sites for hydroxylation is 1. The second-order valence-corrected chi connectivity index (χ2v) is 6.12. The van der Waals surface area contributed by atoms with Crippen molar-refractivity contribution in [2.24, 2.45) is 13.0 Å². The Bertz CT molecular complexity index is 611. The topological polar surface area (TPSA) is 46.9 Å². The highest BCUT2D eigenvalue weighted by Crippen LogP contribution is 2.39. The summed E-state index contributed by atoms with van der Waals surface area (Å²) < 4.78 is 78.3. The fourth-order valence-electron chi connectivity index (χ4n) is 2.92. The molecule has 24 heavy (non-hydrogen) atoms. The Morgan fingerprint density at radius 2 is 1.62 bits per heavy atom. The molecule has 0 aliphatic heterocycles. The van der Waals surface area contributed by atoms with E-state index in [4.69, 9.17) is 0 Å². The number of aromatic nitrogens is 2. The predicted molar refractivity (Wildman–Crippen MR) is 72.1 cm³/mol. The van der Waals surface area contributed by atoms with Gasteiger partial charge in [0, 0.05) is 13.1 Å². The second kappa shape index (κ2) is 6.29. The standard InChI is InChI=1S/C14H17F6N3O/c1-7-3-5-8(6-4-7)21-12(24)9-10(13(15,16)17)22-23(2)11(9)14(18,19)20/h7-8H,3-6H2,1-2H3,(H,21,24). The number of amides is 1. The third kappa shape index (κ3) is 3.84. The van der Waals surface area contributed by atoms with E-state index in [1.165, 1.54) is 0 Å². The SMILES string of the molecule is CC1CCC(NC(=O)c2c(C(F)(F)F)nn(C)c2C(F)(F)F)CC1. The molecule has 1 N–H and O–H groups in total. The van der Waals surface area contributed by atoms with Crippen LogP contribution in [0.25, 0.3) is 0 Å². The first-order valence-corrected chi connectivity index (χ1v) is 7.43. The van der Waals surface area contributed by atoms with Crippen molar-refractivity contribution < 1.29 is 31.1 Å². The van der Waals surface area contributed by atoms with E-state index in [0.717, 1.165) is 19.9 Å². The maximum atomic E-state index is 13.1. The van der Waals surface area contributed by atoms with Crippen molar-refractivity contribution in [1.82, 2.24) is 15.1 Å². The third-order valence-electron chi connectivity index (χ3n) is 4.16. The molecule has 0 aromatic carbocycles. The van der Waals surface area contributed by atoms with Crippen LogP contribution in [-0.4, -0.2) is 21.7 Å². The van der Waals surface area contributed by atoms with Gasteiger partial charge in [-0.3, -0.25) is 9.48 Å². The van der Waals surface area contributed by atoms with Crippen molar-refractivity contribution >= 4 is 5.91 Å². The van der Waals surface area contributed by atoms with E-state index in [-0.39, 0.29) is 4.68 Å².